The second-order valence-electron chi connectivity index (χ2n) is 7.42. The monoisotopic (exact) mass is 346 g/mol. The largest absolute Gasteiger partial charge is 0.448 e. The summed E-state index contributed by atoms with van der Waals surface area (Å²) in [5.41, 5.74) is 4.50. The van der Waals surface area contributed by atoms with Crippen LogP contribution < -0.4 is 0 Å². The number of aromatic nitrogens is 1. The van der Waals surface area contributed by atoms with Crippen LogP contribution in [0, 0.1) is 0 Å². The van der Waals surface area contributed by atoms with E-state index in [0.717, 1.165) is 43.1 Å². The molecule has 2 aromatic carbocycles. The Kier molecular flexibility index (Phi) is 4.89. The van der Waals surface area contributed by atoms with Crippen LogP contribution in [-0.4, -0.2) is 29.0 Å². The minimum Gasteiger partial charge on any atom is -0.448 e. The van der Waals surface area contributed by atoms with Gasteiger partial charge in [0.05, 0.1) is 0 Å². The molecule has 3 nitrogen and oxygen atoms in total. The van der Waals surface area contributed by atoms with E-state index in [1.165, 1.54) is 11.1 Å². The Hall–Kier alpha value is -2.39. The Bertz CT molecular complexity index is 828. The van der Waals surface area contributed by atoms with Crippen molar-refractivity contribution < 1.29 is 4.42 Å². The molecular weight excluding hydrogens is 320 g/mol. The van der Waals surface area contributed by atoms with Gasteiger partial charge < -0.3 is 9.32 Å². The van der Waals surface area contributed by atoms with Crippen LogP contribution >= 0.6 is 0 Å². The Morgan fingerprint density at radius 2 is 1.50 bits per heavy atom. The molecule has 1 saturated heterocycles. The van der Waals surface area contributed by atoms with Crippen molar-refractivity contribution in [2.24, 2.45) is 0 Å². The van der Waals surface area contributed by atoms with Gasteiger partial charge >= 0.3 is 0 Å². The summed E-state index contributed by atoms with van der Waals surface area (Å²) in [5.74, 6) is 1.35. The molecule has 0 radical (unpaired) electrons. The normalized spacial score (nSPS) is 16.3. The smallest absolute Gasteiger partial charge is 0.197 e. The van der Waals surface area contributed by atoms with E-state index in [1.807, 2.05) is 12.3 Å². The number of rotatable bonds is 4. The summed E-state index contributed by atoms with van der Waals surface area (Å²) in [7, 11) is 0. The van der Waals surface area contributed by atoms with Crippen molar-refractivity contribution in [2.75, 3.05) is 13.1 Å². The third-order valence-electron chi connectivity index (χ3n) is 5.42. The summed E-state index contributed by atoms with van der Waals surface area (Å²) in [6, 6.07) is 19.6. The molecule has 0 spiro atoms. The summed E-state index contributed by atoms with van der Waals surface area (Å²) in [4.78, 5) is 7.32. The number of likely N-dealkylation sites (tertiary alicyclic amines) is 1. The molecule has 0 N–H and O–H groups in total. The van der Waals surface area contributed by atoms with Crippen LogP contribution in [0.25, 0.3) is 22.4 Å². The van der Waals surface area contributed by atoms with Gasteiger partial charge in [-0.15, -0.1) is 0 Å². The first-order chi connectivity index (χ1) is 12.7. The lowest BCUT2D eigenvalue weighted by atomic mass is 9.96. The van der Waals surface area contributed by atoms with E-state index >= 15 is 0 Å². The van der Waals surface area contributed by atoms with Gasteiger partial charge in [0.2, 0.25) is 0 Å². The molecule has 3 heteroatoms. The highest BCUT2D eigenvalue weighted by Crippen LogP contribution is 2.31. The van der Waals surface area contributed by atoms with Crippen molar-refractivity contribution >= 4 is 0 Å². The molecule has 0 unspecified atom stereocenters. The van der Waals surface area contributed by atoms with E-state index in [0.29, 0.717) is 12.0 Å². The van der Waals surface area contributed by atoms with Crippen molar-refractivity contribution in [1.29, 1.82) is 0 Å². The molecule has 26 heavy (non-hydrogen) atoms. The minimum atomic E-state index is 0.447. The van der Waals surface area contributed by atoms with Gasteiger partial charge in [0, 0.05) is 17.5 Å². The molecule has 0 amide bonds. The molecule has 134 valence electrons. The van der Waals surface area contributed by atoms with Gasteiger partial charge in [-0.3, -0.25) is 0 Å². The van der Waals surface area contributed by atoms with Gasteiger partial charge in [-0.2, -0.15) is 0 Å². The zero-order valence-electron chi connectivity index (χ0n) is 15.6. The average Bonchev–Trinajstić information content (AvgIpc) is 3.19. The van der Waals surface area contributed by atoms with Gasteiger partial charge in [-0.05, 0) is 50.9 Å². The Morgan fingerprint density at radius 1 is 0.885 bits per heavy atom. The van der Waals surface area contributed by atoms with Gasteiger partial charge in [0.25, 0.3) is 0 Å². The number of benzene rings is 2. The molecule has 0 atom stereocenters. The van der Waals surface area contributed by atoms with E-state index in [-0.39, 0.29) is 0 Å². The SMILES string of the molecule is CC(C)N1CCC(c2nc(-c3ccc(-c4ccccc4)cc3)co2)CC1. The van der Waals surface area contributed by atoms with Crippen molar-refractivity contribution in [2.45, 2.75) is 38.6 Å². The third-order valence-corrected chi connectivity index (χ3v) is 5.42. The number of hydrogen-bond acceptors (Lipinski definition) is 3. The van der Waals surface area contributed by atoms with Crippen LogP contribution in [0.4, 0.5) is 0 Å². The van der Waals surface area contributed by atoms with Crippen LogP contribution in [0.2, 0.25) is 0 Å². The summed E-state index contributed by atoms with van der Waals surface area (Å²) in [6.45, 7) is 6.79. The zero-order valence-corrected chi connectivity index (χ0v) is 15.6. The lowest BCUT2D eigenvalue weighted by molar-refractivity contribution is 0.163. The maximum atomic E-state index is 5.84. The highest BCUT2D eigenvalue weighted by atomic mass is 16.3. The van der Waals surface area contributed by atoms with Crippen molar-refractivity contribution in [3.8, 4) is 22.4 Å². The van der Waals surface area contributed by atoms with Crippen molar-refractivity contribution in [1.82, 2.24) is 9.88 Å². The van der Waals surface area contributed by atoms with E-state index in [9.17, 15) is 0 Å². The van der Waals surface area contributed by atoms with Crippen LogP contribution in [0.5, 0.6) is 0 Å². The lowest BCUT2D eigenvalue weighted by Gasteiger charge is -2.33. The Morgan fingerprint density at radius 3 is 2.15 bits per heavy atom. The van der Waals surface area contributed by atoms with Crippen LogP contribution in [0.15, 0.2) is 65.3 Å². The molecule has 0 saturated carbocycles. The average molecular weight is 346 g/mol. The second-order valence-corrected chi connectivity index (χ2v) is 7.42. The zero-order chi connectivity index (χ0) is 17.9. The first kappa shape index (κ1) is 17.0. The quantitative estimate of drug-likeness (QED) is 0.616. The highest BCUT2D eigenvalue weighted by Gasteiger charge is 2.25. The standard InChI is InChI=1S/C23H26N2O/c1-17(2)25-14-12-21(13-15-25)23-24-22(16-26-23)20-10-8-19(9-11-20)18-6-4-3-5-7-18/h3-11,16-17,21H,12-15H2,1-2H3. The predicted molar refractivity (Wildman–Crippen MR) is 106 cm³/mol. The fourth-order valence-electron chi connectivity index (χ4n) is 3.73. The van der Waals surface area contributed by atoms with E-state index in [4.69, 9.17) is 9.40 Å². The molecule has 0 aliphatic carbocycles. The van der Waals surface area contributed by atoms with E-state index < -0.39 is 0 Å². The fourth-order valence-corrected chi connectivity index (χ4v) is 3.73. The number of hydrogen-bond donors (Lipinski definition) is 0. The Balaban J connectivity index is 1.47. The van der Waals surface area contributed by atoms with Crippen molar-refractivity contribution in [3.05, 3.63) is 66.8 Å². The topological polar surface area (TPSA) is 29.3 Å². The summed E-state index contributed by atoms with van der Waals surface area (Å²) in [5, 5.41) is 0. The number of oxazole rings is 1. The number of nitrogens with zero attached hydrogens (tertiary/aromatic N) is 2. The van der Waals surface area contributed by atoms with Gasteiger partial charge in [-0.25, -0.2) is 4.98 Å². The molecule has 1 aliphatic rings. The highest BCUT2D eigenvalue weighted by molar-refractivity contribution is 5.68. The van der Waals surface area contributed by atoms with Crippen LogP contribution in [0.3, 0.4) is 0 Å². The lowest BCUT2D eigenvalue weighted by Crippen LogP contribution is -2.37. The van der Waals surface area contributed by atoms with Crippen molar-refractivity contribution in [3.63, 3.8) is 0 Å². The third kappa shape index (κ3) is 3.58. The fraction of sp³-hybridized carbons (Fsp3) is 0.348. The maximum absolute atomic E-state index is 5.84. The Labute approximate surface area is 155 Å². The summed E-state index contributed by atoms with van der Waals surface area (Å²) < 4.78 is 5.84. The predicted octanol–water partition coefficient (Wildman–Crippen LogP) is 5.60. The van der Waals surface area contributed by atoms with Crippen LogP contribution in [0.1, 0.15) is 38.5 Å². The minimum absolute atomic E-state index is 0.447. The molecule has 1 aliphatic heterocycles. The van der Waals surface area contributed by atoms with Crippen LogP contribution in [-0.2, 0) is 0 Å². The molecular formula is C23H26N2O. The maximum Gasteiger partial charge on any atom is 0.197 e. The van der Waals surface area contributed by atoms with E-state index in [2.05, 4.69) is 67.3 Å². The van der Waals surface area contributed by atoms with Gasteiger partial charge in [0.1, 0.15) is 12.0 Å². The summed E-state index contributed by atoms with van der Waals surface area (Å²) in [6.07, 6.45) is 4.07. The molecule has 4 rings (SSSR count). The van der Waals surface area contributed by atoms with E-state index in [1.54, 1.807) is 0 Å². The first-order valence-corrected chi connectivity index (χ1v) is 9.56. The molecule has 1 aromatic heterocycles. The number of piperidine rings is 1. The second kappa shape index (κ2) is 7.46. The molecule has 2 heterocycles. The molecule has 0 bridgehead atoms. The van der Waals surface area contributed by atoms with Gasteiger partial charge in [-0.1, -0.05) is 54.6 Å². The molecule has 1 fully saturated rings. The van der Waals surface area contributed by atoms with Gasteiger partial charge in [0.15, 0.2) is 5.89 Å². The molecule has 3 aromatic rings. The first-order valence-electron chi connectivity index (χ1n) is 9.56. The summed E-state index contributed by atoms with van der Waals surface area (Å²) >= 11 is 0.